The standard InChI is InChI=1S/C15H21F2NO3/c1-2-20-15(19)12-11(13(16)17)18-14(21-12)10-8-6-4-3-5-7-9-10/h10,13H,2-9H2,1H3. The number of nitrogens with zero attached hydrogens (tertiary/aromatic N) is 1. The number of halogens is 2. The molecule has 6 heteroatoms. The van der Waals surface area contributed by atoms with Crippen LogP contribution in [0, 0.1) is 0 Å². The van der Waals surface area contributed by atoms with E-state index in [1.54, 1.807) is 6.92 Å². The van der Waals surface area contributed by atoms with Crippen LogP contribution < -0.4 is 0 Å². The van der Waals surface area contributed by atoms with E-state index in [9.17, 15) is 13.6 Å². The number of hydrogen-bond donors (Lipinski definition) is 0. The van der Waals surface area contributed by atoms with E-state index in [1.807, 2.05) is 0 Å². The van der Waals surface area contributed by atoms with E-state index < -0.39 is 23.8 Å². The lowest BCUT2D eigenvalue weighted by atomic mass is 9.91. The summed E-state index contributed by atoms with van der Waals surface area (Å²) in [4.78, 5) is 15.6. The topological polar surface area (TPSA) is 52.3 Å². The third kappa shape index (κ3) is 4.02. The number of rotatable bonds is 4. The van der Waals surface area contributed by atoms with E-state index in [1.165, 1.54) is 6.42 Å². The molecule has 0 amide bonds. The van der Waals surface area contributed by atoms with Gasteiger partial charge >= 0.3 is 5.97 Å². The van der Waals surface area contributed by atoms with Gasteiger partial charge in [0.15, 0.2) is 11.6 Å². The quantitative estimate of drug-likeness (QED) is 0.762. The molecule has 0 spiro atoms. The minimum Gasteiger partial charge on any atom is -0.460 e. The number of carbonyl (C=O) groups is 1. The summed E-state index contributed by atoms with van der Waals surface area (Å²) in [5.74, 6) is -1.03. The average Bonchev–Trinajstić information content (AvgIpc) is 2.83. The first-order valence-corrected chi connectivity index (χ1v) is 7.59. The van der Waals surface area contributed by atoms with E-state index in [4.69, 9.17) is 9.15 Å². The SMILES string of the molecule is CCOC(=O)c1oc(C2CCCCCCC2)nc1C(F)F. The summed E-state index contributed by atoms with van der Waals surface area (Å²) < 4.78 is 36.2. The first-order valence-electron chi connectivity index (χ1n) is 7.59. The molecular weight excluding hydrogens is 280 g/mol. The van der Waals surface area contributed by atoms with Gasteiger partial charge in [0.25, 0.3) is 6.43 Å². The largest absolute Gasteiger partial charge is 0.460 e. The van der Waals surface area contributed by atoms with Crippen LogP contribution in [0.5, 0.6) is 0 Å². The van der Waals surface area contributed by atoms with Crippen molar-refractivity contribution in [3.05, 3.63) is 17.3 Å². The molecule has 1 fully saturated rings. The van der Waals surface area contributed by atoms with Crippen molar-refractivity contribution in [2.45, 2.75) is 64.2 Å². The highest BCUT2D eigenvalue weighted by Gasteiger charge is 2.30. The number of carbonyl (C=O) groups excluding carboxylic acids is 1. The fourth-order valence-corrected chi connectivity index (χ4v) is 2.72. The van der Waals surface area contributed by atoms with Crippen molar-refractivity contribution in [2.24, 2.45) is 0 Å². The van der Waals surface area contributed by atoms with Gasteiger partial charge in [0.2, 0.25) is 5.76 Å². The van der Waals surface area contributed by atoms with Crippen molar-refractivity contribution in [3.8, 4) is 0 Å². The summed E-state index contributed by atoms with van der Waals surface area (Å²) in [6.07, 6.45) is 4.46. The predicted molar refractivity (Wildman–Crippen MR) is 72.5 cm³/mol. The predicted octanol–water partition coefficient (Wildman–Crippen LogP) is 4.62. The van der Waals surface area contributed by atoms with Gasteiger partial charge in [-0.1, -0.05) is 32.1 Å². The van der Waals surface area contributed by atoms with Gasteiger partial charge in [0, 0.05) is 5.92 Å². The fraction of sp³-hybridized carbons (Fsp3) is 0.733. The summed E-state index contributed by atoms with van der Waals surface area (Å²) in [6, 6.07) is 0. The van der Waals surface area contributed by atoms with Gasteiger partial charge in [0.1, 0.15) is 0 Å². The highest BCUT2D eigenvalue weighted by atomic mass is 19.3. The van der Waals surface area contributed by atoms with Crippen LogP contribution >= 0.6 is 0 Å². The van der Waals surface area contributed by atoms with Crippen LogP contribution in [0.4, 0.5) is 8.78 Å². The number of esters is 1. The summed E-state index contributed by atoms with van der Waals surface area (Å²) in [7, 11) is 0. The zero-order valence-corrected chi connectivity index (χ0v) is 12.2. The molecule has 0 N–H and O–H groups in total. The lowest BCUT2D eigenvalue weighted by Crippen LogP contribution is -2.06. The first kappa shape index (κ1) is 15.9. The third-order valence-electron chi connectivity index (χ3n) is 3.79. The zero-order valence-electron chi connectivity index (χ0n) is 12.2. The Hall–Kier alpha value is -1.46. The molecule has 1 saturated carbocycles. The van der Waals surface area contributed by atoms with Crippen LogP contribution in [0.3, 0.4) is 0 Å². The minimum absolute atomic E-state index is 0.0194. The molecule has 0 bridgehead atoms. The molecule has 0 aromatic carbocycles. The van der Waals surface area contributed by atoms with Crippen LogP contribution in [0.1, 0.15) is 86.4 Å². The van der Waals surface area contributed by atoms with Gasteiger partial charge in [0.05, 0.1) is 6.61 Å². The van der Waals surface area contributed by atoms with Gasteiger partial charge in [-0.3, -0.25) is 0 Å². The number of ether oxygens (including phenoxy) is 1. The van der Waals surface area contributed by atoms with Crippen molar-refractivity contribution >= 4 is 5.97 Å². The van der Waals surface area contributed by atoms with Crippen LogP contribution in [0.25, 0.3) is 0 Å². The van der Waals surface area contributed by atoms with Gasteiger partial charge in [-0.2, -0.15) is 0 Å². The second-order valence-corrected chi connectivity index (χ2v) is 5.33. The van der Waals surface area contributed by atoms with Gasteiger partial charge < -0.3 is 9.15 Å². The molecule has 118 valence electrons. The average molecular weight is 301 g/mol. The highest BCUT2D eigenvalue weighted by Crippen LogP contribution is 2.33. The van der Waals surface area contributed by atoms with Gasteiger partial charge in [-0.05, 0) is 19.8 Å². The Morgan fingerprint density at radius 1 is 1.29 bits per heavy atom. The minimum atomic E-state index is -2.84. The van der Waals surface area contributed by atoms with Crippen LogP contribution in [0.2, 0.25) is 0 Å². The lowest BCUT2D eigenvalue weighted by molar-refractivity contribution is 0.0473. The molecule has 0 saturated heterocycles. The maximum absolute atomic E-state index is 13.0. The Kier molecular flexibility index (Phi) is 5.70. The van der Waals surface area contributed by atoms with E-state index in [2.05, 4.69) is 4.98 Å². The zero-order chi connectivity index (χ0) is 15.2. The second-order valence-electron chi connectivity index (χ2n) is 5.33. The molecule has 0 aliphatic heterocycles. The van der Waals surface area contributed by atoms with Crippen LogP contribution in [-0.4, -0.2) is 17.6 Å². The molecule has 4 nitrogen and oxygen atoms in total. The van der Waals surface area contributed by atoms with Crippen LogP contribution in [-0.2, 0) is 4.74 Å². The van der Waals surface area contributed by atoms with Crippen molar-refractivity contribution in [1.29, 1.82) is 0 Å². The molecule has 0 unspecified atom stereocenters. The molecule has 1 aliphatic carbocycles. The molecule has 0 atom stereocenters. The molecular formula is C15H21F2NO3. The summed E-state index contributed by atoms with van der Waals surface area (Å²) in [5, 5.41) is 0. The number of oxazole rings is 1. The maximum atomic E-state index is 13.0. The third-order valence-corrected chi connectivity index (χ3v) is 3.79. The number of hydrogen-bond acceptors (Lipinski definition) is 4. The molecule has 1 aromatic heterocycles. The highest BCUT2D eigenvalue weighted by molar-refractivity contribution is 5.87. The maximum Gasteiger partial charge on any atom is 0.376 e. The molecule has 1 aliphatic rings. The molecule has 21 heavy (non-hydrogen) atoms. The normalized spacial score (nSPS) is 17.5. The lowest BCUT2D eigenvalue weighted by Gasteiger charge is -2.16. The second kappa shape index (κ2) is 7.52. The van der Waals surface area contributed by atoms with Crippen molar-refractivity contribution in [1.82, 2.24) is 4.98 Å². The smallest absolute Gasteiger partial charge is 0.376 e. The molecule has 1 aromatic rings. The summed E-state index contributed by atoms with van der Waals surface area (Å²) in [6.45, 7) is 1.73. The van der Waals surface area contributed by atoms with E-state index in [-0.39, 0.29) is 18.4 Å². The molecule has 0 radical (unpaired) electrons. The van der Waals surface area contributed by atoms with Crippen molar-refractivity contribution in [3.63, 3.8) is 0 Å². The number of aromatic nitrogens is 1. The van der Waals surface area contributed by atoms with E-state index >= 15 is 0 Å². The summed E-state index contributed by atoms with van der Waals surface area (Å²) in [5.41, 5.74) is -0.592. The van der Waals surface area contributed by atoms with Crippen molar-refractivity contribution in [2.75, 3.05) is 6.61 Å². The fourth-order valence-electron chi connectivity index (χ4n) is 2.72. The van der Waals surface area contributed by atoms with Gasteiger partial charge in [-0.15, -0.1) is 0 Å². The summed E-state index contributed by atoms with van der Waals surface area (Å²) >= 11 is 0. The first-order chi connectivity index (χ1) is 10.1. The van der Waals surface area contributed by atoms with E-state index in [0.717, 1.165) is 38.5 Å². The Balaban J connectivity index is 2.22. The monoisotopic (exact) mass is 301 g/mol. The Morgan fingerprint density at radius 2 is 1.90 bits per heavy atom. The number of alkyl halides is 2. The van der Waals surface area contributed by atoms with Gasteiger partial charge in [-0.25, -0.2) is 18.6 Å². The Bertz CT molecular complexity index is 465. The van der Waals surface area contributed by atoms with Crippen molar-refractivity contribution < 1.29 is 22.7 Å². The Labute approximate surface area is 122 Å². The van der Waals surface area contributed by atoms with E-state index in [0.29, 0.717) is 0 Å². The van der Waals surface area contributed by atoms with Crippen LogP contribution in [0.15, 0.2) is 4.42 Å². The molecule has 2 rings (SSSR count). The molecule has 1 heterocycles. The Morgan fingerprint density at radius 3 is 2.48 bits per heavy atom.